The first-order chi connectivity index (χ1) is 11.5. The minimum absolute atomic E-state index is 0.274. The molecule has 1 aliphatic rings. The Bertz CT molecular complexity index is 811. The van der Waals surface area contributed by atoms with Crippen molar-refractivity contribution in [2.75, 3.05) is 11.1 Å². The van der Waals surface area contributed by atoms with E-state index in [1.807, 2.05) is 24.3 Å². The fourth-order valence-electron chi connectivity index (χ4n) is 2.55. The van der Waals surface area contributed by atoms with E-state index in [1.54, 1.807) is 17.8 Å². The second-order valence-electron chi connectivity index (χ2n) is 5.72. The highest BCUT2D eigenvalue weighted by molar-refractivity contribution is 8.13. The Labute approximate surface area is 149 Å². The zero-order valence-corrected chi connectivity index (χ0v) is 14.7. The molecule has 1 aliphatic heterocycles. The maximum absolute atomic E-state index is 12.3. The van der Waals surface area contributed by atoms with Gasteiger partial charge in [0, 0.05) is 22.7 Å². The molecule has 0 aliphatic carbocycles. The van der Waals surface area contributed by atoms with E-state index in [4.69, 9.17) is 17.3 Å². The van der Waals surface area contributed by atoms with Crippen LogP contribution in [0, 0.1) is 0 Å². The monoisotopic (exact) mass is 360 g/mol. The molecule has 3 rings (SSSR count). The fourth-order valence-corrected chi connectivity index (χ4v) is 3.69. The van der Waals surface area contributed by atoms with Crippen molar-refractivity contribution in [2.45, 2.75) is 18.9 Å². The number of rotatable bonds is 3. The van der Waals surface area contributed by atoms with E-state index in [0.29, 0.717) is 15.9 Å². The van der Waals surface area contributed by atoms with Gasteiger partial charge in [0.25, 0.3) is 5.91 Å². The molecule has 0 radical (unpaired) electrons. The molecule has 1 amide bonds. The lowest BCUT2D eigenvalue weighted by Gasteiger charge is -2.30. The summed E-state index contributed by atoms with van der Waals surface area (Å²) >= 11 is 7.47. The van der Waals surface area contributed by atoms with E-state index < -0.39 is 0 Å². The highest BCUT2D eigenvalue weighted by atomic mass is 35.5. The number of halogens is 1. The Hall–Kier alpha value is -2.05. The van der Waals surface area contributed by atoms with Crippen LogP contribution >= 0.6 is 23.4 Å². The molecule has 0 saturated carbocycles. The van der Waals surface area contributed by atoms with Gasteiger partial charge in [0.1, 0.15) is 5.69 Å². The molecular formula is C17H17ClN4OS. The van der Waals surface area contributed by atoms with Gasteiger partial charge >= 0.3 is 0 Å². The number of hydrogen-bond donors (Lipinski definition) is 2. The molecule has 2 heterocycles. The van der Waals surface area contributed by atoms with Crippen LogP contribution in [0.3, 0.4) is 0 Å². The topological polar surface area (TPSA) is 80.4 Å². The summed E-state index contributed by atoms with van der Waals surface area (Å²) in [5.74, 6) is 0.622. The average molecular weight is 361 g/mol. The number of aromatic nitrogens is 1. The van der Waals surface area contributed by atoms with Crippen LogP contribution in [0.5, 0.6) is 0 Å². The molecule has 3 N–H and O–H groups in total. The van der Waals surface area contributed by atoms with Crippen LogP contribution in [-0.4, -0.2) is 21.8 Å². The Morgan fingerprint density at radius 3 is 2.96 bits per heavy atom. The van der Waals surface area contributed by atoms with E-state index >= 15 is 0 Å². The number of carbonyl (C=O) groups is 1. The number of amidine groups is 1. The third-order valence-electron chi connectivity index (χ3n) is 3.89. The molecule has 124 valence electrons. The zero-order chi connectivity index (χ0) is 17.2. The molecule has 0 bridgehead atoms. The Balaban J connectivity index is 1.83. The molecule has 1 unspecified atom stereocenters. The number of nitrogens with one attached hydrogen (secondary N) is 1. The minimum atomic E-state index is -0.371. The smallest absolute Gasteiger partial charge is 0.274 e. The van der Waals surface area contributed by atoms with Gasteiger partial charge in [-0.1, -0.05) is 35.5 Å². The van der Waals surface area contributed by atoms with Crippen LogP contribution in [0.25, 0.3) is 0 Å². The third kappa shape index (κ3) is 3.71. The molecule has 1 aromatic carbocycles. The summed E-state index contributed by atoms with van der Waals surface area (Å²) in [5, 5.41) is 3.92. The summed E-state index contributed by atoms with van der Waals surface area (Å²) < 4.78 is 0. The highest BCUT2D eigenvalue weighted by Crippen LogP contribution is 2.35. The number of aliphatic imine (C=N–C) groups is 1. The summed E-state index contributed by atoms with van der Waals surface area (Å²) in [4.78, 5) is 20.9. The van der Waals surface area contributed by atoms with Crippen molar-refractivity contribution in [3.63, 3.8) is 0 Å². The van der Waals surface area contributed by atoms with E-state index in [0.717, 1.165) is 17.7 Å². The number of pyridine rings is 1. The zero-order valence-electron chi connectivity index (χ0n) is 13.1. The predicted octanol–water partition coefficient (Wildman–Crippen LogP) is 3.65. The minimum Gasteiger partial charge on any atom is -0.379 e. The van der Waals surface area contributed by atoms with Gasteiger partial charge in [0.2, 0.25) is 0 Å². The quantitative estimate of drug-likeness (QED) is 0.875. The third-order valence-corrected chi connectivity index (χ3v) is 4.92. The highest BCUT2D eigenvalue weighted by Gasteiger charge is 2.29. The number of nitrogens with zero attached hydrogens (tertiary/aromatic N) is 2. The molecule has 24 heavy (non-hydrogen) atoms. The number of thioether (sulfide) groups is 1. The molecule has 0 saturated heterocycles. The largest absolute Gasteiger partial charge is 0.379 e. The molecule has 1 aromatic heterocycles. The lowest BCUT2D eigenvalue weighted by Crippen LogP contribution is -2.28. The molecule has 5 nitrogen and oxygen atoms in total. The van der Waals surface area contributed by atoms with Crippen molar-refractivity contribution in [1.29, 1.82) is 0 Å². The standard InChI is InChI=1S/C17H17ClN4OS/c1-17(6-8-24-16(19)22-17)11-3-2-4-13(9-11)21-15(23)14-10-12(18)5-7-20-14/h2-5,7,9-10H,6,8H2,1H3,(H2,19,22)(H,21,23). The van der Waals surface area contributed by atoms with Crippen molar-refractivity contribution in [3.05, 3.63) is 58.9 Å². The fraction of sp³-hybridized carbons (Fsp3) is 0.235. The summed E-state index contributed by atoms with van der Waals surface area (Å²) in [7, 11) is 0. The predicted molar refractivity (Wildman–Crippen MR) is 99.7 cm³/mol. The number of nitrogens with two attached hydrogens (primary N) is 1. The average Bonchev–Trinajstić information content (AvgIpc) is 2.55. The molecule has 1 atom stereocenters. The first-order valence-corrected chi connectivity index (χ1v) is 8.84. The van der Waals surface area contributed by atoms with Gasteiger partial charge in [-0.25, -0.2) is 0 Å². The lowest BCUT2D eigenvalue weighted by molar-refractivity contribution is 0.102. The normalized spacial score (nSPS) is 20.3. The lowest BCUT2D eigenvalue weighted by atomic mass is 9.89. The van der Waals surface area contributed by atoms with Crippen LogP contribution in [0.15, 0.2) is 47.6 Å². The van der Waals surface area contributed by atoms with Crippen LogP contribution in [0.4, 0.5) is 5.69 Å². The van der Waals surface area contributed by atoms with Crippen molar-refractivity contribution in [3.8, 4) is 0 Å². The maximum atomic E-state index is 12.3. The van der Waals surface area contributed by atoms with E-state index in [-0.39, 0.29) is 17.1 Å². The van der Waals surface area contributed by atoms with E-state index in [1.165, 1.54) is 12.3 Å². The van der Waals surface area contributed by atoms with Crippen LogP contribution in [-0.2, 0) is 5.54 Å². The van der Waals surface area contributed by atoms with Gasteiger partial charge in [0.15, 0.2) is 5.17 Å². The van der Waals surface area contributed by atoms with Crippen LogP contribution in [0.2, 0.25) is 5.02 Å². The van der Waals surface area contributed by atoms with Crippen molar-refractivity contribution in [2.24, 2.45) is 10.7 Å². The van der Waals surface area contributed by atoms with Gasteiger partial charge in [-0.05, 0) is 43.2 Å². The SMILES string of the molecule is CC1(c2cccc(NC(=O)c3cc(Cl)ccn3)c2)CCSC(N)=N1. The van der Waals surface area contributed by atoms with Gasteiger partial charge in [-0.15, -0.1) is 0 Å². The summed E-state index contributed by atoms with van der Waals surface area (Å²) in [5.41, 5.74) is 7.49. The van der Waals surface area contributed by atoms with E-state index in [9.17, 15) is 4.79 Å². The number of amides is 1. The van der Waals surface area contributed by atoms with Crippen LogP contribution in [0.1, 0.15) is 29.4 Å². The van der Waals surface area contributed by atoms with Crippen molar-refractivity contribution in [1.82, 2.24) is 4.98 Å². The van der Waals surface area contributed by atoms with Crippen molar-refractivity contribution >= 4 is 40.1 Å². The van der Waals surface area contributed by atoms with Gasteiger partial charge < -0.3 is 11.1 Å². The first kappa shape index (κ1) is 16.8. The molecular weight excluding hydrogens is 344 g/mol. The summed E-state index contributed by atoms with van der Waals surface area (Å²) in [6.45, 7) is 2.05. The number of carbonyl (C=O) groups excluding carboxylic acids is 1. The maximum Gasteiger partial charge on any atom is 0.274 e. The second kappa shape index (κ2) is 6.83. The number of benzene rings is 1. The molecule has 0 spiro atoms. The van der Waals surface area contributed by atoms with E-state index in [2.05, 4.69) is 22.2 Å². The summed E-state index contributed by atoms with van der Waals surface area (Å²) in [6, 6.07) is 10.8. The van der Waals surface area contributed by atoms with Gasteiger partial charge in [-0.2, -0.15) is 0 Å². The molecule has 0 fully saturated rings. The van der Waals surface area contributed by atoms with Gasteiger partial charge in [-0.3, -0.25) is 14.8 Å². The van der Waals surface area contributed by atoms with Gasteiger partial charge in [0.05, 0.1) is 5.54 Å². The molecule has 2 aromatic rings. The number of hydrogen-bond acceptors (Lipinski definition) is 5. The Kier molecular flexibility index (Phi) is 4.78. The second-order valence-corrected chi connectivity index (χ2v) is 7.27. The Morgan fingerprint density at radius 1 is 1.38 bits per heavy atom. The first-order valence-electron chi connectivity index (χ1n) is 7.48. The Morgan fingerprint density at radius 2 is 2.21 bits per heavy atom. The van der Waals surface area contributed by atoms with Crippen molar-refractivity contribution < 1.29 is 4.79 Å². The number of anilines is 1. The summed E-state index contributed by atoms with van der Waals surface area (Å²) in [6.07, 6.45) is 2.40. The van der Waals surface area contributed by atoms with Crippen LogP contribution < -0.4 is 11.1 Å². The molecule has 7 heteroatoms.